The second-order valence-electron chi connectivity index (χ2n) is 5.17. The summed E-state index contributed by atoms with van der Waals surface area (Å²) in [5.41, 5.74) is 1.08. The molecule has 98 valence electrons. The maximum atomic E-state index is 6.52. The van der Waals surface area contributed by atoms with E-state index < -0.39 is 0 Å². The van der Waals surface area contributed by atoms with Gasteiger partial charge in [0.25, 0.3) is 0 Å². The van der Waals surface area contributed by atoms with Gasteiger partial charge in [-0.2, -0.15) is 0 Å². The summed E-state index contributed by atoms with van der Waals surface area (Å²) in [6.45, 7) is 4.60. The highest BCUT2D eigenvalue weighted by atomic mass is 35.5. The molecular weight excluding hydrogens is 250 g/mol. The molecule has 0 spiro atoms. The second-order valence-corrected chi connectivity index (χ2v) is 5.55. The molecule has 1 N–H and O–H groups in total. The molecule has 2 aliphatic heterocycles. The van der Waals surface area contributed by atoms with Crippen LogP contribution >= 0.6 is 11.6 Å². The van der Waals surface area contributed by atoms with Crippen LogP contribution < -0.4 is 14.8 Å². The molecule has 18 heavy (non-hydrogen) atoms. The Labute approximate surface area is 112 Å². The van der Waals surface area contributed by atoms with Crippen molar-refractivity contribution in [3.8, 4) is 11.5 Å². The average molecular weight is 268 g/mol. The first-order chi connectivity index (χ1) is 8.71. The van der Waals surface area contributed by atoms with Crippen LogP contribution in [0, 0.1) is 0 Å². The number of hydrogen-bond donors (Lipinski definition) is 1. The van der Waals surface area contributed by atoms with Gasteiger partial charge in [-0.3, -0.25) is 0 Å². The third-order valence-corrected chi connectivity index (χ3v) is 4.19. The van der Waals surface area contributed by atoms with Crippen LogP contribution in [0.4, 0.5) is 0 Å². The molecule has 0 aromatic heterocycles. The van der Waals surface area contributed by atoms with E-state index in [2.05, 4.69) is 18.3 Å². The summed E-state index contributed by atoms with van der Waals surface area (Å²) < 4.78 is 11.4. The fourth-order valence-electron chi connectivity index (χ4n) is 2.75. The Morgan fingerprint density at radius 1 is 1.22 bits per heavy atom. The van der Waals surface area contributed by atoms with Crippen LogP contribution in [0.3, 0.4) is 0 Å². The van der Waals surface area contributed by atoms with Gasteiger partial charge in [-0.25, -0.2) is 0 Å². The highest BCUT2D eigenvalue weighted by Gasteiger charge is 2.33. The Hall–Kier alpha value is -0.930. The fourth-order valence-corrected chi connectivity index (χ4v) is 3.17. The standard InChI is InChI=1S/C14H18ClNO2/c1-14(6-2-7-16-14)10-4-5-11-13(12(10)15)18-9-3-8-17-11/h4-5,16H,2-3,6-9H2,1H3. The van der Waals surface area contributed by atoms with Gasteiger partial charge >= 0.3 is 0 Å². The number of halogens is 1. The van der Waals surface area contributed by atoms with E-state index in [4.69, 9.17) is 21.1 Å². The first kappa shape index (κ1) is 12.1. The van der Waals surface area contributed by atoms with Gasteiger partial charge in [0.15, 0.2) is 11.5 Å². The molecule has 3 rings (SSSR count). The minimum absolute atomic E-state index is 0.0399. The number of rotatable bonds is 1. The molecule has 4 heteroatoms. The largest absolute Gasteiger partial charge is 0.490 e. The molecule has 1 aromatic carbocycles. The molecule has 0 bridgehead atoms. The number of hydrogen-bond acceptors (Lipinski definition) is 3. The Morgan fingerprint density at radius 2 is 2.06 bits per heavy atom. The van der Waals surface area contributed by atoms with Crippen LogP contribution in [-0.4, -0.2) is 19.8 Å². The van der Waals surface area contributed by atoms with Crippen molar-refractivity contribution in [2.24, 2.45) is 0 Å². The van der Waals surface area contributed by atoms with Gasteiger partial charge in [-0.15, -0.1) is 0 Å². The predicted octanol–water partition coefficient (Wildman–Crippen LogP) is 3.10. The summed E-state index contributed by atoms with van der Waals surface area (Å²) in [5.74, 6) is 1.48. The predicted molar refractivity (Wildman–Crippen MR) is 71.6 cm³/mol. The van der Waals surface area contributed by atoms with Crippen molar-refractivity contribution in [1.82, 2.24) is 5.32 Å². The number of nitrogens with one attached hydrogen (secondary N) is 1. The van der Waals surface area contributed by atoms with Gasteiger partial charge in [0.05, 0.1) is 18.2 Å². The Kier molecular flexibility index (Phi) is 3.12. The van der Waals surface area contributed by atoms with Crippen molar-refractivity contribution in [1.29, 1.82) is 0 Å². The van der Waals surface area contributed by atoms with Gasteiger partial charge in [-0.1, -0.05) is 17.7 Å². The van der Waals surface area contributed by atoms with Gasteiger partial charge in [0.2, 0.25) is 0 Å². The third kappa shape index (κ3) is 1.95. The van der Waals surface area contributed by atoms with E-state index in [1.165, 1.54) is 6.42 Å². The minimum atomic E-state index is -0.0399. The number of fused-ring (bicyclic) bond motifs is 1. The summed E-state index contributed by atoms with van der Waals surface area (Å²) >= 11 is 6.52. The molecule has 0 saturated carbocycles. The zero-order valence-electron chi connectivity index (χ0n) is 10.6. The van der Waals surface area contributed by atoms with E-state index in [9.17, 15) is 0 Å². The molecule has 1 fully saturated rings. The smallest absolute Gasteiger partial charge is 0.180 e. The Morgan fingerprint density at radius 3 is 2.83 bits per heavy atom. The summed E-state index contributed by atoms with van der Waals surface area (Å²) in [7, 11) is 0. The Bertz CT molecular complexity index is 455. The van der Waals surface area contributed by atoms with Crippen molar-refractivity contribution >= 4 is 11.6 Å². The van der Waals surface area contributed by atoms with E-state index >= 15 is 0 Å². The van der Waals surface area contributed by atoms with Gasteiger partial charge in [0.1, 0.15) is 0 Å². The van der Waals surface area contributed by atoms with E-state index in [0.29, 0.717) is 24.0 Å². The first-order valence-electron chi connectivity index (χ1n) is 6.54. The van der Waals surface area contributed by atoms with Crippen molar-refractivity contribution < 1.29 is 9.47 Å². The lowest BCUT2D eigenvalue weighted by Gasteiger charge is -2.27. The normalized spacial score (nSPS) is 27.0. The lowest BCUT2D eigenvalue weighted by atomic mass is 9.90. The molecule has 0 aliphatic carbocycles. The maximum Gasteiger partial charge on any atom is 0.180 e. The minimum Gasteiger partial charge on any atom is -0.490 e. The Balaban J connectivity index is 2.04. The van der Waals surface area contributed by atoms with Gasteiger partial charge in [0, 0.05) is 12.0 Å². The van der Waals surface area contributed by atoms with Crippen LogP contribution in [0.25, 0.3) is 0 Å². The monoisotopic (exact) mass is 267 g/mol. The lowest BCUT2D eigenvalue weighted by molar-refractivity contribution is 0.296. The first-order valence-corrected chi connectivity index (χ1v) is 6.92. The summed E-state index contributed by atoms with van der Waals surface area (Å²) in [6.07, 6.45) is 3.18. The van der Waals surface area contributed by atoms with Crippen LogP contribution in [0.1, 0.15) is 31.7 Å². The topological polar surface area (TPSA) is 30.5 Å². The van der Waals surface area contributed by atoms with E-state index in [1.54, 1.807) is 0 Å². The van der Waals surface area contributed by atoms with E-state index in [-0.39, 0.29) is 5.54 Å². The zero-order valence-corrected chi connectivity index (χ0v) is 11.3. The maximum absolute atomic E-state index is 6.52. The van der Waals surface area contributed by atoms with Crippen molar-refractivity contribution in [2.75, 3.05) is 19.8 Å². The van der Waals surface area contributed by atoms with Crippen LogP contribution in [0.5, 0.6) is 11.5 Å². The molecule has 1 unspecified atom stereocenters. The number of benzene rings is 1. The highest BCUT2D eigenvalue weighted by molar-refractivity contribution is 6.33. The fraction of sp³-hybridized carbons (Fsp3) is 0.571. The van der Waals surface area contributed by atoms with Crippen molar-refractivity contribution in [2.45, 2.75) is 31.7 Å². The van der Waals surface area contributed by atoms with Gasteiger partial charge < -0.3 is 14.8 Å². The lowest BCUT2D eigenvalue weighted by Crippen LogP contribution is -2.33. The van der Waals surface area contributed by atoms with E-state index in [0.717, 1.165) is 30.7 Å². The molecular formula is C14H18ClNO2. The SMILES string of the molecule is CC1(c2ccc3c(c2Cl)OCCCO3)CCCN1. The molecule has 1 aromatic rings. The molecule has 0 radical (unpaired) electrons. The molecule has 2 aliphatic rings. The van der Waals surface area contributed by atoms with Crippen molar-refractivity contribution in [3.63, 3.8) is 0 Å². The summed E-state index contributed by atoms with van der Waals surface area (Å²) in [4.78, 5) is 0. The van der Waals surface area contributed by atoms with Crippen LogP contribution in [0.2, 0.25) is 5.02 Å². The third-order valence-electron chi connectivity index (χ3n) is 3.82. The number of ether oxygens (including phenoxy) is 2. The quantitative estimate of drug-likeness (QED) is 0.848. The highest BCUT2D eigenvalue weighted by Crippen LogP contribution is 2.44. The zero-order chi connectivity index (χ0) is 12.6. The molecule has 0 amide bonds. The second kappa shape index (κ2) is 4.63. The van der Waals surface area contributed by atoms with E-state index in [1.807, 2.05) is 6.07 Å². The summed E-state index contributed by atoms with van der Waals surface area (Å²) in [6, 6.07) is 4.04. The molecule has 2 heterocycles. The summed E-state index contributed by atoms with van der Waals surface area (Å²) in [5, 5.41) is 4.23. The molecule has 1 atom stereocenters. The molecule has 1 saturated heterocycles. The average Bonchev–Trinajstić information content (AvgIpc) is 2.65. The van der Waals surface area contributed by atoms with Crippen LogP contribution in [-0.2, 0) is 5.54 Å². The van der Waals surface area contributed by atoms with Gasteiger partial charge in [-0.05, 0) is 37.9 Å². The van der Waals surface area contributed by atoms with Crippen molar-refractivity contribution in [3.05, 3.63) is 22.7 Å². The van der Waals surface area contributed by atoms with Crippen LogP contribution in [0.15, 0.2) is 12.1 Å². The molecule has 3 nitrogen and oxygen atoms in total.